The highest BCUT2D eigenvalue weighted by Crippen LogP contribution is 2.04. The molecule has 120 valence electrons. The molecule has 0 fully saturated rings. The normalized spacial score (nSPS) is 18.1. The number of hydrogen-bond acceptors (Lipinski definition) is 6. The predicted octanol–water partition coefficient (Wildman–Crippen LogP) is -0.852. The molecule has 0 aliphatic carbocycles. The third kappa shape index (κ3) is 8.63. The number of aliphatic hydroxyl groups excluding tert-OH is 5. The predicted molar refractivity (Wildman–Crippen MR) is 77.3 cm³/mol. The Hall–Kier alpha value is -0.500. The molecule has 0 spiro atoms. The van der Waals surface area contributed by atoms with E-state index in [1.54, 1.807) is 0 Å². The summed E-state index contributed by atoms with van der Waals surface area (Å²) in [4.78, 5) is 0. The molecule has 4 atom stereocenters. The monoisotopic (exact) mass is 291 g/mol. The van der Waals surface area contributed by atoms with E-state index < -0.39 is 31.0 Å². The van der Waals surface area contributed by atoms with Gasteiger partial charge in [0, 0.05) is 6.54 Å². The van der Waals surface area contributed by atoms with Crippen molar-refractivity contribution in [2.24, 2.45) is 0 Å². The molecule has 0 bridgehead atoms. The molecule has 0 saturated carbocycles. The topological polar surface area (TPSA) is 113 Å². The van der Waals surface area contributed by atoms with Gasteiger partial charge >= 0.3 is 0 Å². The lowest BCUT2D eigenvalue weighted by Crippen LogP contribution is -2.49. The fourth-order valence-electron chi connectivity index (χ4n) is 1.68. The van der Waals surface area contributed by atoms with Crippen LogP contribution in [0.1, 0.15) is 32.6 Å². The molecule has 0 aliphatic rings. The number of hydrogen-bond donors (Lipinski definition) is 6. The number of nitrogens with one attached hydrogen (secondary N) is 1. The number of rotatable bonds is 12. The van der Waals surface area contributed by atoms with Gasteiger partial charge in [-0.05, 0) is 25.8 Å². The summed E-state index contributed by atoms with van der Waals surface area (Å²) in [5, 5.41) is 49.4. The second-order valence-corrected chi connectivity index (χ2v) is 4.90. The lowest BCUT2D eigenvalue weighted by Gasteiger charge is -2.25. The van der Waals surface area contributed by atoms with Gasteiger partial charge in [0.2, 0.25) is 0 Å². The van der Waals surface area contributed by atoms with Crippen molar-refractivity contribution in [2.45, 2.75) is 57.0 Å². The molecular formula is C14H29NO5. The van der Waals surface area contributed by atoms with E-state index in [-0.39, 0.29) is 6.54 Å². The molecule has 0 aromatic heterocycles. The Bertz CT molecular complexity index is 250. The highest BCUT2D eigenvalue weighted by molar-refractivity contribution is 4.83. The van der Waals surface area contributed by atoms with Gasteiger partial charge in [-0.1, -0.05) is 25.5 Å². The van der Waals surface area contributed by atoms with Crippen molar-refractivity contribution in [3.63, 3.8) is 0 Å². The fraction of sp³-hybridized carbons (Fsp3) is 0.857. The van der Waals surface area contributed by atoms with Gasteiger partial charge < -0.3 is 30.8 Å². The van der Waals surface area contributed by atoms with Gasteiger partial charge in [0.25, 0.3) is 0 Å². The zero-order valence-electron chi connectivity index (χ0n) is 12.1. The number of aliphatic hydroxyl groups is 5. The van der Waals surface area contributed by atoms with Crippen LogP contribution in [0, 0.1) is 0 Å². The Kier molecular flexibility index (Phi) is 12.0. The summed E-state index contributed by atoms with van der Waals surface area (Å²) in [5.41, 5.74) is 0. The van der Waals surface area contributed by atoms with E-state index in [2.05, 4.69) is 24.4 Å². The van der Waals surface area contributed by atoms with E-state index in [1.165, 1.54) is 0 Å². The van der Waals surface area contributed by atoms with Crippen molar-refractivity contribution in [2.75, 3.05) is 19.7 Å². The first-order chi connectivity index (χ1) is 9.54. The van der Waals surface area contributed by atoms with Gasteiger partial charge in [0.05, 0.1) is 12.7 Å². The van der Waals surface area contributed by atoms with Gasteiger partial charge in [0.1, 0.15) is 18.3 Å². The average molecular weight is 291 g/mol. The Balaban J connectivity index is 3.69. The zero-order chi connectivity index (χ0) is 15.4. The Morgan fingerprint density at radius 1 is 0.950 bits per heavy atom. The average Bonchev–Trinajstić information content (AvgIpc) is 2.47. The summed E-state index contributed by atoms with van der Waals surface area (Å²) in [7, 11) is 0. The van der Waals surface area contributed by atoms with Gasteiger partial charge in [0.15, 0.2) is 0 Å². The van der Waals surface area contributed by atoms with Crippen molar-refractivity contribution in [3.05, 3.63) is 12.2 Å². The summed E-state index contributed by atoms with van der Waals surface area (Å²) in [6.45, 7) is 2.27. The van der Waals surface area contributed by atoms with Gasteiger partial charge in [-0.2, -0.15) is 0 Å². The maximum Gasteiger partial charge on any atom is 0.111 e. The summed E-state index contributed by atoms with van der Waals surface area (Å²) in [5.74, 6) is 0. The number of allylic oxidation sites excluding steroid dienone is 2. The van der Waals surface area contributed by atoms with Crippen LogP contribution < -0.4 is 5.32 Å². The third-order valence-corrected chi connectivity index (χ3v) is 3.03. The second kappa shape index (κ2) is 12.3. The fourth-order valence-corrected chi connectivity index (χ4v) is 1.68. The van der Waals surface area contributed by atoms with Gasteiger partial charge in [-0.15, -0.1) is 0 Å². The molecule has 0 heterocycles. The number of unbranched alkanes of at least 4 members (excludes halogenated alkanes) is 2. The van der Waals surface area contributed by atoms with Crippen LogP contribution in [0.2, 0.25) is 0 Å². The van der Waals surface area contributed by atoms with Crippen LogP contribution in [-0.4, -0.2) is 69.6 Å². The van der Waals surface area contributed by atoms with Crippen LogP contribution in [0.5, 0.6) is 0 Å². The van der Waals surface area contributed by atoms with E-state index in [1.807, 2.05) is 0 Å². The molecule has 0 aromatic carbocycles. The maximum atomic E-state index is 9.63. The van der Waals surface area contributed by atoms with E-state index in [4.69, 9.17) is 10.2 Å². The summed E-state index contributed by atoms with van der Waals surface area (Å²) < 4.78 is 0. The molecule has 0 amide bonds. The molecule has 0 saturated heterocycles. The highest BCUT2D eigenvalue weighted by Gasteiger charge is 2.29. The molecule has 0 aliphatic heterocycles. The van der Waals surface area contributed by atoms with Gasteiger partial charge in [-0.3, -0.25) is 0 Å². The van der Waals surface area contributed by atoms with Crippen LogP contribution in [0.3, 0.4) is 0 Å². The SMILES string of the molecule is CCC/C=C/CCCNC[C@H](O)[C@@H](O)[C@H](O)[C@H](O)CO. The van der Waals surface area contributed by atoms with E-state index in [9.17, 15) is 15.3 Å². The van der Waals surface area contributed by atoms with E-state index in [0.717, 1.165) is 25.7 Å². The molecule has 6 nitrogen and oxygen atoms in total. The Morgan fingerprint density at radius 3 is 2.15 bits per heavy atom. The molecule has 0 unspecified atom stereocenters. The Morgan fingerprint density at radius 2 is 1.55 bits per heavy atom. The largest absolute Gasteiger partial charge is 0.394 e. The lowest BCUT2D eigenvalue weighted by atomic mass is 10.0. The highest BCUT2D eigenvalue weighted by atomic mass is 16.4. The van der Waals surface area contributed by atoms with Crippen LogP contribution in [0.15, 0.2) is 12.2 Å². The van der Waals surface area contributed by atoms with Crippen LogP contribution in [0.25, 0.3) is 0 Å². The minimum atomic E-state index is -1.56. The van der Waals surface area contributed by atoms with Crippen LogP contribution in [-0.2, 0) is 0 Å². The minimum Gasteiger partial charge on any atom is -0.394 e. The second-order valence-electron chi connectivity index (χ2n) is 4.90. The minimum absolute atomic E-state index is 0.120. The quantitative estimate of drug-likeness (QED) is 0.206. The smallest absolute Gasteiger partial charge is 0.111 e. The molecule has 6 N–H and O–H groups in total. The summed E-state index contributed by atoms with van der Waals surface area (Å²) in [6.07, 6.45) is 2.67. The van der Waals surface area contributed by atoms with E-state index in [0.29, 0.717) is 6.54 Å². The van der Waals surface area contributed by atoms with E-state index >= 15 is 0 Å². The standard InChI is InChI=1S/C14H29NO5/c1-2-3-4-5-6-7-8-15-9-11(17)13(19)14(20)12(18)10-16/h4-5,11-20H,2-3,6-10H2,1H3/b5-4+/t11-,12+,13+,14+/m0/s1. The first kappa shape index (κ1) is 19.5. The molecule has 6 heteroatoms. The van der Waals surface area contributed by atoms with Gasteiger partial charge in [-0.25, -0.2) is 0 Å². The lowest BCUT2D eigenvalue weighted by molar-refractivity contribution is -0.113. The first-order valence-corrected chi connectivity index (χ1v) is 7.23. The maximum absolute atomic E-state index is 9.63. The van der Waals surface area contributed by atoms with Crippen LogP contribution in [0.4, 0.5) is 0 Å². The summed E-state index contributed by atoms with van der Waals surface area (Å²) >= 11 is 0. The zero-order valence-corrected chi connectivity index (χ0v) is 12.1. The van der Waals surface area contributed by atoms with Crippen LogP contribution >= 0.6 is 0 Å². The third-order valence-electron chi connectivity index (χ3n) is 3.03. The van der Waals surface area contributed by atoms with Crippen molar-refractivity contribution < 1.29 is 25.5 Å². The molecule has 0 radical (unpaired) electrons. The molecule has 0 rings (SSSR count). The van der Waals surface area contributed by atoms with Crippen molar-refractivity contribution in [1.29, 1.82) is 0 Å². The summed E-state index contributed by atoms with van der Waals surface area (Å²) in [6, 6.07) is 0. The molecule has 0 aromatic rings. The first-order valence-electron chi connectivity index (χ1n) is 7.23. The Labute approximate surface area is 120 Å². The van der Waals surface area contributed by atoms with Crippen molar-refractivity contribution >= 4 is 0 Å². The van der Waals surface area contributed by atoms with Crippen molar-refractivity contribution in [3.8, 4) is 0 Å². The molecular weight excluding hydrogens is 262 g/mol. The van der Waals surface area contributed by atoms with Crippen molar-refractivity contribution in [1.82, 2.24) is 5.32 Å². The molecule has 20 heavy (non-hydrogen) atoms.